The van der Waals surface area contributed by atoms with Crippen molar-refractivity contribution >= 4 is 35.8 Å². The molecule has 2 heterocycles. The summed E-state index contributed by atoms with van der Waals surface area (Å²) in [4.78, 5) is 87.6. The van der Waals surface area contributed by atoms with Gasteiger partial charge in [0.1, 0.15) is 24.9 Å². The number of carbonyl (C=O) groups is 6. The maximum absolute atomic E-state index is 14.4. The van der Waals surface area contributed by atoms with Gasteiger partial charge in [-0.2, -0.15) is 0 Å². The van der Waals surface area contributed by atoms with Crippen molar-refractivity contribution in [1.82, 2.24) is 0 Å². The lowest BCUT2D eigenvalue weighted by Crippen LogP contribution is -2.67. The maximum atomic E-state index is 14.4. The first-order valence-electron chi connectivity index (χ1n) is 23.8. The summed E-state index contributed by atoms with van der Waals surface area (Å²) in [6.45, 7) is -2.21. The van der Waals surface area contributed by atoms with E-state index in [1.807, 2.05) is 0 Å². The number of benzene rings is 6. The van der Waals surface area contributed by atoms with Crippen molar-refractivity contribution < 1.29 is 81.2 Å². The van der Waals surface area contributed by atoms with Gasteiger partial charge in [-0.1, -0.05) is 114 Å². The number of hydrogen-bond donors (Lipinski definition) is 1. The molecule has 20 nitrogen and oxygen atoms in total. The smallest absolute Gasteiger partial charge is 0.338 e. The van der Waals surface area contributed by atoms with Gasteiger partial charge in [-0.25, -0.2) is 28.8 Å². The van der Waals surface area contributed by atoms with Crippen LogP contribution in [-0.4, -0.2) is 129 Å². The molecule has 0 amide bonds. The minimum Gasteiger partial charge on any atom is -0.459 e. The van der Waals surface area contributed by atoms with Crippen LogP contribution in [0.2, 0.25) is 0 Å². The maximum Gasteiger partial charge on any atom is 0.338 e. The van der Waals surface area contributed by atoms with E-state index in [4.69, 9.17) is 52.9 Å². The van der Waals surface area contributed by atoms with E-state index in [9.17, 15) is 33.9 Å². The van der Waals surface area contributed by atoms with E-state index in [2.05, 4.69) is 10.0 Å². The van der Waals surface area contributed by atoms with Gasteiger partial charge in [0.15, 0.2) is 43.1 Å². The molecular formula is C56H49N3O17. The predicted octanol–water partition coefficient (Wildman–Crippen LogP) is 7.13. The number of carbonyl (C=O) groups excluding carboxylic acids is 6. The number of azide groups is 1. The second kappa shape index (κ2) is 26.5. The fourth-order valence-electron chi connectivity index (χ4n) is 8.16. The highest BCUT2D eigenvalue weighted by molar-refractivity contribution is 5.92. The largest absolute Gasteiger partial charge is 0.459 e. The van der Waals surface area contributed by atoms with Crippen molar-refractivity contribution in [2.24, 2.45) is 5.11 Å². The Morgan fingerprint density at radius 2 is 0.763 bits per heavy atom. The average Bonchev–Trinajstić information content (AvgIpc) is 3.48. The first-order chi connectivity index (χ1) is 37.1. The van der Waals surface area contributed by atoms with E-state index in [-0.39, 0.29) is 46.5 Å². The third-order valence-corrected chi connectivity index (χ3v) is 11.8. The first kappa shape index (κ1) is 53.5. The highest BCUT2D eigenvalue weighted by Gasteiger charge is 2.58. The van der Waals surface area contributed by atoms with Crippen molar-refractivity contribution in [2.45, 2.75) is 61.4 Å². The summed E-state index contributed by atoms with van der Waals surface area (Å²) in [5, 5.41) is 14.5. The summed E-state index contributed by atoms with van der Waals surface area (Å²) >= 11 is 0. The molecule has 2 aliphatic heterocycles. The lowest BCUT2D eigenvalue weighted by atomic mass is 9.95. The molecule has 2 fully saturated rings. The summed E-state index contributed by atoms with van der Waals surface area (Å²) in [6.07, 6.45) is -18.1. The summed E-state index contributed by atoms with van der Waals surface area (Å²) in [6, 6.07) is 46.4. The molecule has 6 aromatic carbocycles. The van der Waals surface area contributed by atoms with Crippen LogP contribution < -0.4 is 0 Å². The molecule has 2 aliphatic rings. The Labute approximate surface area is 434 Å². The molecule has 0 bridgehead atoms. The van der Waals surface area contributed by atoms with Gasteiger partial charge < -0.3 is 52.5 Å². The Hall–Kier alpha value is -8.75. The normalized spacial score (nSPS) is 22.8. The van der Waals surface area contributed by atoms with Gasteiger partial charge in [0.05, 0.1) is 46.6 Å². The lowest BCUT2D eigenvalue weighted by molar-refractivity contribution is -0.356. The average molecular weight is 1040 g/mol. The molecule has 8 rings (SSSR count). The molecule has 0 unspecified atom stereocenters. The summed E-state index contributed by atoms with van der Waals surface area (Å²) in [7, 11) is 0. The molecule has 76 heavy (non-hydrogen) atoms. The fraction of sp³-hybridized carbons (Fsp3) is 0.250. The molecule has 0 aromatic heterocycles. The van der Waals surface area contributed by atoms with Gasteiger partial charge >= 0.3 is 35.8 Å². The Balaban J connectivity index is 1.29. The van der Waals surface area contributed by atoms with Gasteiger partial charge in [0, 0.05) is 11.5 Å². The van der Waals surface area contributed by atoms with Crippen molar-refractivity contribution in [3.63, 3.8) is 0 Å². The SMILES string of the molecule is [N-]=[N+]=NCCO[C@@H]1O[C@@H](CO)[C@H](OC(=O)c2ccccc2)[C@@H](O[C@H]2O[C@H](COC(=O)c3ccccc3)[C@@H](OC(=O)c3ccccc3)[C@H](OC(=O)c3ccccc3)[C@@H]2OC(=O)c2ccccc2)[C@H]1OC(=O)c1ccccc1. The van der Waals surface area contributed by atoms with Gasteiger partial charge in [0.2, 0.25) is 0 Å². The number of nitrogens with zero attached hydrogens (tertiary/aromatic N) is 3. The van der Waals surface area contributed by atoms with E-state index in [1.165, 1.54) is 72.8 Å². The monoisotopic (exact) mass is 1040 g/mol. The van der Waals surface area contributed by atoms with E-state index >= 15 is 0 Å². The van der Waals surface area contributed by atoms with E-state index < -0.39 is 110 Å². The zero-order chi connectivity index (χ0) is 53.2. The van der Waals surface area contributed by atoms with Crippen LogP contribution in [0, 0.1) is 0 Å². The number of aliphatic hydroxyl groups excluding tert-OH is 1. The quantitative estimate of drug-likeness (QED) is 0.0199. The fourth-order valence-corrected chi connectivity index (χ4v) is 8.16. The standard InChI is InChI=1S/C56H49N3O17/c57-59-58-31-32-67-55-47(74-53(65)39-27-15-5-16-28-39)46(43(41(33-60)69-55)71-50(62)36-21-9-2-10-22-36)76-56-48(75-54(66)40-29-17-6-18-30-40)45(73-52(64)38-25-13-4-14-26-38)44(72-51(63)37-23-11-3-12-24-37)42(70-56)34-68-49(61)35-19-7-1-8-20-35/h1-30,41-48,55-56,60H,31-34H2/t41-,42+,43-,44+,45-,46+,47+,48-,55+,56+/m0/s1. The minimum atomic E-state index is -2.06. The third-order valence-electron chi connectivity index (χ3n) is 11.8. The van der Waals surface area contributed by atoms with Crippen LogP contribution in [0.15, 0.2) is 187 Å². The number of ether oxygens (including phenoxy) is 10. The second-order valence-electron chi connectivity index (χ2n) is 16.8. The zero-order valence-corrected chi connectivity index (χ0v) is 40.2. The van der Waals surface area contributed by atoms with E-state index in [0.717, 1.165) is 0 Å². The highest BCUT2D eigenvalue weighted by atomic mass is 16.8. The molecule has 1 N–H and O–H groups in total. The van der Waals surface area contributed by atoms with Gasteiger partial charge in [-0.15, -0.1) is 0 Å². The summed E-state index contributed by atoms with van der Waals surface area (Å²) in [5.41, 5.74) is 9.31. The molecular weight excluding hydrogens is 987 g/mol. The first-order valence-corrected chi connectivity index (χ1v) is 23.8. The van der Waals surface area contributed by atoms with Crippen molar-refractivity contribution in [3.8, 4) is 0 Å². The predicted molar refractivity (Wildman–Crippen MR) is 264 cm³/mol. The highest BCUT2D eigenvalue weighted by Crippen LogP contribution is 2.37. The molecule has 390 valence electrons. The topological polar surface area (TPSA) is 264 Å². The van der Waals surface area contributed by atoms with Crippen LogP contribution in [0.25, 0.3) is 10.4 Å². The molecule has 20 heteroatoms. The van der Waals surface area contributed by atoms with Crippen molar-refractivity contribution in [1.29, 1.82) is 0 Å². The molecule has 0 spiro atoms. The van der Waals surface area contributed by atoms with Crippen LogP contribution in [0.1, 0.15) is 62.1 Å². The van der Waals surface area contributed by atoms with Crippen LogP contribution in [-0.2, 0) is 47.4 Å². The third kappa shape index (κ3) is 13.7. The van der Waals surface area contributed by atoms with E-state index in [0.29, 0.717) is 0 Å². The Morgan fingerprint density at radius 1 is 0.434 bits per heavy atom. The van der Waals surface area contributed by atoms with Gasteiger partial charge in [0.25, 0.3) is 0 Å². The van der Waals surface area contributed by atoms with Gasteiger partial charge in [-0.05, 0) is 78.3 Å². The number of hydrogen-bond acceptors (Lipinski definition) is 18. The second-order valence-corrected chi connectivity index (χ2v) is 16.8. The summed E-state index contributed by atoms with van der Waals surface area (Å²) in [5.74, 6) is -5.75. The minimum absolute atomic E-state index is 0.00429. The van der Waals surface area contributed by atoms with Crippen LogP contribution in [0.5, 0.6) is 0 Å². The molecule has 6 aromatic rings. The van der Waals surface area contributed by atoms with Crippen LogP contribution >= 0.6 is 0 Å². The molecule has 0 aliphatic carbocycles. The van der Waals surface area contributed by atoms with Crippen LogP contribution in [0.4, 0.5) is 0 Å². The number of aliphatic hydroxyl groups is 1. The molecule has 10 atom stereocenters. The lowest BCUT2D eigenvalue weighted by Gasteiger charge is -2.48. The number of rotatable bonds is 20. The molecule has 0 saturated carbocycles. The Bertz CT molecular complexity index is 2940. The Kier molecular flexibility index (Phi) is 18.6. The van der Waals surface area contributed by atoms with Crippen molar-refractivity contribution in [3.05, 3.63) is 226 Å². The molecule has 0 radical (unpaired) electrons. The molecule has 2 saturated heterocycles. The van der Waals surface area contributed by atoms with Crippen molar-refractivity contribution in [2.75, 3.05) is 26.4 Å². The summed E-state index contributed by atoms with van der Waals surface area (Å²) < 4.78 is 62.5. The number of esters is 6. The van der Waals surface area contributed by atoms with Crippen LogP contribution in [0.3, 0.4) is 0 Å². The van der Waals surface area contributed by atoms with E-state index in [1.54, 1.807) is 109 Å². The Morgan fingerprint density at radius 3 is 1.14 bits per heavy atom. The van der Waals surface area contributed by atoms with Gasteiger partial charge in [-0.3, -0.25) is 0 Å². The zero-order valence-electron chi connectivity index (χ0n) is 40.2.